The molecular weight excluding hydrogens is 284 g/mol. The molecule has 0 saturated heterocycles. The molecule has 0 radical (unpaired) electrons. The number of carbonyl (C=O) groups excluding carboxylic acids is 1. The summed E-state index contributed by atoms with van der Waals surface area (Å²) in [6.07, 6.45) is 0. The Morgan fingerprint density at radius 1 is 0.870 bits per heavy atom. The van der Waals surface area contributed by atoms with E-state index in [-0.39, 0.29) is 5.91 Å². The van der Waals surface area contributed by atoms with Crippen molar-refractivity contribution in [3.05, 3.63) is 77.9 Å². The Labute approximate surface area is 136 Å². The van der Waals surface area contributed by atoms with E-state index in [9.17, 15) is 4.79 Å². The second kappa shape index (κ2) is 6.97. The van der Waals surface area contributed by atoms with Crippen molar-refractivity contribution in [2.24, 2.45) is 0 Å². The van der Waals surface area contributed by atoms with Crippen LogP contribution in [0.25, 0.3) is 10.8 Å². The number of amides is 1. The van der Waals surface area contributed by atoms with Crippen molar-refractivity contribution < 1.29 is 4.79 Å². The minimum absolute atomic E-state index is 0.0373. The molecule has 2 N–H and O–H groups in total. The number of benzene rings is 3. The number of hydrogen-bond acceptors (Lipinski definition) is 2. The third-order valence-electron chi connectivity index (χ3n) is 3.83. The fourth-order valence-electron chi connectivity index (χ4n) is 2.56. The van der Waals surface area contributed by atoms with Crippen LogP contribution in [0.2, 0.25) is 0 Å². The molecule has 0 aliphatic heterocycles. The van der Waals surface area contributed by atoms with Gasteiger partial charge in [0.05, 0.1) is 0 Å². The van der Waals surface area contributed by atoms with Crippen LogP contribution in [-0.2, 0) is 0 Å². The van der Waals surface area contributed by atoms with Crippen LogP contribution in [0.15, 0.2) is 66.7 Å². The first-order valence-electron chi connectivity index (χ1n) is 7.80. The molecule has 3 aromatic carbocycles. The molecule has 0 aliphatic carbocycles. The van der Waals surface area contributed by atoms with E-state index >= 15 is 0 Å². The van der Waals surface area contributed by atoms with Crippen molar-refractivity contribution in [2.75, 3.05) is 18.4 Å². The number of carbonyl (C=O) groups is 1. The predicted molar refractivity (Wildman–Crippen MR) is 95.9 cm³/mol. The van der Waals surface area contributed by atoms with Crippen molar-refractivity contribution >= 4 is 22.4 Å². The number of rotatable bonds is 5. The Morgan fingerprint density at radius 2 is 1.61 bits per heavy atom. The summed E-state index contributed by atoms with van der Waals surface area (Å²) in [6, 6.07) is 22.1. The minimum atomic E-state index is -0.0373. The molecule has 23 heavy (non-hydrogen) atoms. The summed E-state index contributed by atoms with van der Waals surface area (Å²) in [5, 5.41) is 8.73. The maximum absolute atomic E-state index is 12.0. The lowest BCUT2D eigenvalue weighted by Gasteiger charge is -2.10. The summed E-state index contributed by atoms with van der Waals surface area (Å²) in [5.41, 5.74) is 2.94. The van der Waals surface area contributed by atoms with Crippen LogP contribution in [0.5, 0.6) is 0 Å². The summed E-state index contributed by atoms with van der Waals surface area (Å²) in [7, 11) is 0. The van der Waals surface area contributed by atoms with Crippen LogP contribution in [-0.4, -0.2) is 19.0 Å². The van der Waals surface area contributed by atoms with Gasteiger partial charge in [0.1, 0.15) is 0 Å². The van der Waals surface area contributed by atoms with E-state index in [1.165, 1.54) is 10.8 Å². The molecule has 0 aliphatic rings. The van der Waals surface area contributed by atoms with Gasteiger partial charge >= 0.3 is 0 Å². The zero-order valence-electron chi connectivity index (χ0n) is 13.2. The highest BCUT2D eigenvalue weighted by Crippen LogP contribution is 2.22. The van der Waals surface area contributed by atoms with Gasteiger partial charge in [0.2, 0.25) is 0 Å². The van der Waals surface area contributed by atoms with Crippen LogP contribution in [0.1, 0.15) is 15.9 Å². The molecule has 0 aromatic heterocycles. The second-order valence-corrected chi connectivity index (χ2v) is 5.58. The van der Waals surface area contributed by atoms with E-state index in [0.29, 0.717) is 18.7 Å². The minimum Gasteiger partial charge on any atom is -0.383 e. The van der Waals surface area contributed by atoms with Gasteiger partial charge in [0.15, 0.2) is 0 Å². The van der Waals surface area contributed by atoms with E-state index in [1.807, 2.05) is 49.4 Å². The van der Waals surface area contributed by atoms with Crippen LogP contribution in [0.3, 0.4) is 0 Å². The molecular formula is C20H20N2O. The molecule has 0 spiro atoms. The maximum atomic E-state index is 12.0. The van der Waals surface area contributed by atoms with Crippen LogP contribution < -0.4 is 10.6 Å². The fourth-order valence-corrected chi connectivity index (χ4v) is 2.56. The van der Waals surface area contributed by atoms with Crippen molar-refractivity contribution in [2.45, 2.75) is 6.92 Å². The lowest BCUT2D eigenvalue weighted by Crippen LogP contribution is -2.28. The smallest absolute Gasteiger partial charge is 0.251 e. The van der Waals surface area contributed by atoms with E-state index < -0.39 is 0 Å². The third-order valence-corrected chi connectivity index (χ3v) is 3.83. The summed E-state index contributed by atoms with van der Waals surface area (Å²) >= 11 is 0. The SMILES string of the molecule is Cc1ccc(C(=O)NCCNc2cccc3ccccc23)cc1. The molecule has 0 fully saturated rings. The van der Waals surface area contributed by atoms with E-state index in [4.69, 9.17) is 0 Å². The number of fused-ring (bicyclic) bond motifs is 1. The summed E-state index contributed by atoms with van der Waals surface area (Å²) in [6.45, 7) is 3.28. The highest BCUT2D eigenvalue weighted by atomic mass is 16.1. The molecule has 0 atom stereocenters. The van der Waals surface area contributed by atoms with E-state index in [2.05, 4.69) is 34.9 Å². The normalized spacial score (nSPS) is 10.5. The van der Waals surface area contributed by atoms with Gasteiger partial charge in [0, 0.05) is 29.7 Å². The number of hydrogen-bond donors (Lipinski definition) is 2. The molecule has 3 heteroatoms. The monoisotopic (exact) mass is 304 g/mol. The first kappa shape index (κ1) is 15.1. The number of nitrogens with one attached hydrogen (secondary N) is 2. The van der Waals surface area contributed by atoms with Crippen molar-refractivity contribution in [1.82, 2.24) is 5.32 Å². The Kier molecular flexibility index (Phi) is 4.57. The summed E-state index contributed by atoms with van der Waals surface area (Å²) in [4.78, 5) is 12.0. The van der Waals surface area contributed by atoms with E-state index in [1.54, 1.807) is 0 Å². The molecule has 0 unspecified atom stereocenters. The Balaban J connectivity index is 1.55. The Hall–Kier alpha value is -2.81. The van der Waals surface area contributed by atoms with E-state index in [0.717, 1.165) is 11.3 Å². The van der Waals surface area contributed by atoms with Crippen LogP contribution in [0.4, 0.5) is 5.69 Å². The lowest BCUT2D eigenvalue weighted by molar-refractivity contribution is 0.0955. The van der Waals surface area contributed by atoms with Crippen LogP contribution >= 0.6 is 0 Å². The molecule has 116 valence electrons. The molecule has 3 rings (SSSR count). The van der Waals surface area contributed by atoms with Crippen molar-refractivity contribution in [3.8, 4) is 0 Å². The molecule has 3 nitrogen and oxygen atoms in total. The first-order chi connectivity index (χ1) is 11.2. The Bertz CT molecular complexity index is 804. The number of anilines is 1. The second-order valence-electron chi connectivity index (χ2n) is 5.58. The van der Waals surface area contributed by atoms with Crippen molar-refractivity contribution in [1.29, 1.82) is 0 Å². The number of aryl methyl sites for hydroxylation is 1. The van der Waals surface area contributed by atoms with Gasteiger partial charge in [-0.2, -0.15) is 0 Å². The average molecular weight is 304 g/mol. The largest absolute Gasteiger partial charge is 0.383 e. The van der Waals surface area contributed by atoms with Gasteiger partial charge in [-0.1, -0.05) is 54.1 Å². The quantitative estimate of drug-likeness (QED) is 0.700. The third kappa shape index (κ3) is 3.69. The highest BCUT2D eigenvalue weighted by molar-refractivity contribution is 5.95. The van der Waals surface area contributed by atoms with Gasteiger partial charge in [0.25, 0.3) is 5.91 Å². The van der Waals surface area contributed by atoms with Gasteiger partial charge in [-0.15, -0.1) is 0 Å². The molecule has 0 saturated carbocycles. The zero-order valence-corrected chi connectivity index (χ0v) is 13.2. The maximum Gasteiger partial charge on any atom is 0.251 e. The van der Waals surface area contributed by atoms with Crippen LogP contribution in [0, 0.1) is 6.92 Å². The fraction of sp³-hybridized carbons (Fsp3) is 0.150. The highest BCUT2D eigenvalue weighted by Gasteiger charge is 2.04. The molecule has 3 aromatic rings. The van der Waals surface area contributed by atoms with Crippen molar-refractivity contribution in [3.63, 3.8) is 0 Å². The first-order valence-corrected chi connectivity index (χ1v) is 7.80. The topological polar surface area (TPSA) is 41.1 Å². The van der Waals surface area contributed by atoms with Gasteiger partial charge in [-0.05, 0) is 30.5 Å². The molecule has 0 heterocycles. The molecule has 1 amide bonds. The average Bonchev–Trinajstić information content (AvgIpc) is 2.59. The Morgan fingerprint density at radius 3 is 2.43 bits per heavy atom. The predicted octanol–water partition coefficient (Wildman–Crippen LogP) is 3.99. The lowest BCUT2D eigenvalue weighted by atomic mass is 10.1. The molecule has 0 bridgehead atoms. The summed E-state index contributed by atoms with van der Waals surface area (Å²) in [5.74, 6) is -0.0373. The standard InChI is InChI=1S/C20H20N2O/c1-15-9-11-17(12-10-15)20(23)22-14-13-21-19-8-4-6-16-5-2-3-7-18(16)19/h2-12,21H,13-14H2,1H3,(H,22,23). The van der Waals surface area contributed by atoms with Gasteiger partial charge in [-0.3, -0.25) is 4.79 Å². The van der Waals surface area contributed by atoms with Gasteiger partial charge < -0.3 is 10.6 Å². The zero-order chi connectivity index (χ0) is 16.1. The van der Waals surface area contributed by atoms with Gasteiger partial charge in [-0.25, -0.2) is 0 Å². The summed E-state index contributed by atoms with van der Waals surface area (Å²) < 4.78 is 0.